The summed E-state index contributed by atoms with van der Waals surface area (Å²) >= 11 is 13.9. The third-order valence-corrected chi connectivity index (χ3v) is 7.43. The standard InChI is InChI=1S/C28H21Cl2NO3S/c29-19-8-4-17(5-9-19)24-14-21(15-25(31-24)18-6-10-20(30)11-7-18)35-27-13-12-26(34-16-28(32)33)22-2-1-3-23(22)27/h4-15H,1-3,16H2,(H,32,33). The molecule has 0 bridgehead atoms. The molecule has 1 aromatic heterocycles. The molecule has 1 N–H and O–H groups in total. The first-order valence-corrected chi connectivity index (χ1v) is 12.7. The van der Waals surface area contributed by atoms with Crippen molar-refractivity contribution in [1.82, 2.24) is 4.98 Å². The van der Waals surface area contributed by atoms with Gasteiger partial charge in [-0.2, -0.15) is 0 Å². The molecule has 3 aromatic carbocycles. The number of benzene rings is 3. The Labute approximate surface area is 217 Å². The van der Waals surface area contributed by atoms with Crippen molar-refractivity contribution in [3.05, 3.63) is 94.0 Å². The van der Waals surface area contributed by atoms with E-state index in [0.717, 1.165) is 57.1 Å². The first kappa shape index (κ1) is 23.7. The number of hydrogen-bond acceptors (Lipinski definition) is 4. The van der Waals surface area contributed by atoms with Gasteiger partial charge in [0.1, 0.15) is 5.75 Å². The van der Waals surface area contributed by atoms with Gasteiger partial charge in [0.25, 0.3) is 0 Å². The van der Waals surface area contributed by atoms with Gasteiger partial charge in [0.2, 0.25) is 0 Å². The molecule has 0 radical (unpaired) electrons. The molecule has 0 aliphatic heterocycles. The average Bonchev–Trinajstić information content (AvgIpc) is 3.35. The lowest BCUT2D eigenvalue weighted by molar-refractivity contribution is -0.139. The topological polar surface area (TPSA) is 59.4 Å². The largest absolute Gasteiger partial charge is 0.482 e. The molecule has 0 amide bonds. The highest BCUT2D eigenvalue weighted by Gasteiger charge is 2.21. The molecular weight excluding hydrogens is 501 g/mol. The Balaban J connectivity index is 1.54. The fourth-order valence-electron chi connectivity index (χ4n) is 4.24. The molecule has 4 aromatic rings. The molecule has 7 heteroatoms. The molecule has 176 valence electrons. The van der Waals surface area contributed by atoms with Crippen molar-refractivity contribution >= 4 is 40.9 Å². The minimum Gasteiger partial charge on any atom is -0.482 e. The summed E-state index contributed by atoms with van der Waals surface area (Å²) in [5, 5.41) is 10.4. The van der Waals surface area contributed by atoms with E-state index in [4.69, 9.17) is 38.0 Å². The molecular formula is C28H21Cl2NO3S. The van der Waals surface area contributed by atoms with Crippen molar-refractivity contribution < 1.29 is 14.6 Å². The Kier molecular flexibility index (Phi) is 7.00. The Morgan fingerprint density at radius 2 is 1.43 bits per heavy atom. The zero-order valence-corrected chi connectivity index (χ0v) is 21.0. The van der Waals surface area contributed by atoms with Gasteiger partial charge in [0, 0.05) is 31.0 Å². The molecule has 1 heterocycles. The van der Waals surface area contributed by atoms with Crippen LogP contribution in [0.5, 0.6) is 5.75 Å². The van der Waals surface area contributed by atoms with Crippen LogP contribution in [0.4, 0.5) is 0 Å². The number of carboxylic acids is 1. The first-order chi connectivity index (χ1) is 17.0. The lowest BCUT2D eigenvalue weighted by atomic mass is 10.1. The van der Waals surface area contributed by atoms with Crippen LogP contribution >= 0.6 is 35.0 Å². The monoisotopic (exact) mass is 521 g/mol. The summed E-state index contributed by atoms with van der Waals surface area (Å²) in [5.74, 6) is -0.306. The minimum atomic E-state index is -0.976. The highest BCUT2D eigenvalue weighted by molar-refractivity contribution is 7.99. The van der Waals surface area contributed by atoms with Crippen molar-refractivity contribution in [2.24, 2.45) is 0 Å². The Bertz CT molecular complexity index is 1330. The smallest absolute Gasteiger partial charge is 0.341 e. The van der Waals surface area contributed by atoms with Gasteiger partial charge in [-0.1, -0.05) is 59.2 Å². The Morgan fingerprint density at radius 3 is 2.00 bits per heavy atom. The SMILES string of the molecule is O=C(O)COc1ccc(Sc2cc(-c3ccc(Cl)cc3)nc(-c3ccc(Cl)cc3)c2)c2c1CCC2. The number of nitrogens with zero attached hydrogens (tertiary/aromatic N) is 1. The lowest BCUT2D eigenvalue weighted by Crippen LogP contribution is -2.10. The molecule has 5 rings (SSSR count). The second kappa shape index (κ2) is 10.3. The summed E-state index contributed by atoms with van der Waals surface area (Å²) in [5.41, 5.74) is 6.02. The second-order valence-electron chi connectivity index (χ2n) is 8.24. The van der Waals surface area contributed by atoms with E-state index in [1.54, 1.807) is 11.8 Å². The zero-order valence-electron chi connectivity index (χ0n) is 18.6. The predicted molar refractivity (Wildman–Crippen MR) is 141 cm³/mol. The zero-order chi connectivity index (χ0) is 24.4. The molecule has 1 aliphatic carbocycles. The van der Waals surface area contributed by atoms with Crippen LogP contribution in [0.2, 0.25) is 10.0 Å². The fraction of sp³-hybridized carbons (Fsp3) is 0.143. The van der Waals surface area contributed by atoms with Crippen LogP contribution in [0.25, 0.3) is 22.5 Å². The van der Waals surface area contributed by atoms with E-state index in [1.165, 1.54) is 5.56 Å². The van der Waals surface area contributed by atoms with Crippen LogP contribution < -0.4 is 4.74 Å². The maximum atomic E-state index is 11.0. The summed E-state index contributed by atoms with van der Waals surface area (Å²) in [4.78, 5) is 18.1. The average molecular weight is 522 g/mol. The second-order valence-corrected chi connectivity index (χ2v) is 10.2. The highest BCUT2D eigenvalue weighted by Crippen LogP contribution is 2.41. The molecule has 4 nitrogen and oxygen atoms in total. The summed E-state index contributed by atoms with van der Waals surface area (Å²) in [6, 6.07) is 23.4. The van der Waals surface area contributed by atoms with Crippen LogP contribution in [0.1, 0.15) is 17.5 Å². The first-order valence-electron chi connectivity index (χ1n) is 11.2. The minimum absolute atomic E-state index is 0.335. The van der Waals surface area contributed by atoms with Gasteiger partial charge in [-0.05, 0) is 78.9 Å². The normalized spacial score (nSPS) is 12.4. The number of halogens is 2. The van der Waals surface area contributed by atoms with E-state index in [9.17, 15) is 4.79 Å². The van der Waals surface area contributed by atoms with E-state index < -0.39 is 5.97 Å². The molecule has 35 heavy (non-hydrogen) atoms. The molecule has 0 saturated heterocycles. The van der Waals surface area contributed by atoms with Crippen molar-refractivity contribution in [2.45, 2.75) is 29.1 Å². The van der Waals surface area contributed by atoms with Crippen LogP contribution in [-0.4, -0.2) is 22.7 Å². The molecule has 0 unspecified atom stereocenters. The van der Waals surface area contributed by atoms with Gasteiger partial charge in [0.05, 0.1) is 11.4 Å². The van der Waals surface area contributed by atoms with Crippen molar-refractivity contribution in [3.63, 3.8) is 0 Å². The van der Waals surface area contributed by atoms with Crippen LogP contribution in [0, 0.1) is 0 Å². The summed E-state index contributed by atoms with van der Waals surface area (Å²) in [7, 11) is 0. The van der Waals surface area contributed by atoms with E-state index in [-0.39, 0.29) is 6.61 Å². The molecule has 0 atom stereocenters. The van der Waals surface area contributed by atoms with Crippen molar-refractivity contribution in [1.29, 1.82) is 0 Å². The lowest BCUT2D eigenvalue weighted by Gasteiger charge is -2.14. The number of carboxylic acid groups (broad SMARTS) is 1. The Morgan fingerprint density at radius 1 is 0.857 bits per heavy atom. The van der Waals surface area contributed by atoms with E-state index in [1.807, 2.05) is 60.7 Å². The third kappa shape index (κ3) is 5.48. The molecule has 0 fully saturated rings. The number of aliphatic carboxylic acids is 1. The maximum absolute atomic E-state index is 11.0. The van der Waals surface area contributed by atoms with Crippen molar-refractivity contribution in [3.8, 4) is 28.3 Å². The number of aromatic nitrogens is 1. The summed E-state index contributed by atoms with van der Waals surface area (Å²) in [6.45, 7) is -0.335. The van der Waals surface area contributed by atoms with Gasteiger partial charge in [0.15, 0.2) is 6.61 Å². The van der Waals surface area contributed by atoms with E-state index >= 15 is 0 Å². The predicted octanol–water partition coefficient (Wildman–Crippen LogP) is 7.83. The number of fused-ring (bicyclic) bond motifs is 1. The number of hydrogen-bond donors (Lipinski definition) is 1. The van der Waals surface area contributed by atoms with Crippen molar-refractivity contribution in [2.75, 3.05) is 6.61 Å². The fourth-order valence-corrected chi connectivity index (χ4v) is 5.57. The van der Waals surface area contributed by atoms with Crippen LogP contribution in [0.15, 0.2) is 82.6 Å². The van der Waals surface area contributed by atoms with Gasteiger partial charge in [-0.3, -0.25) is 0 Å². The number of carbonyl (C=O) groups is 1. The third-order valence-electron chi connectivity index (χ3n) is 5.86. The Hall–Kier alpha value is -2.99. The highest BCUT2D eigenvalue weighted by atomic mass is 35.5. The van der Waals surface area contributed by atoms with Gasteiger partial charge < -0.3 is 9.84 Å². The quantitative estimate of drug-likeness (QED) is 0.268. The van der Waals surface area contributed by atoms with E-state index in [2.05, 4.69) is 12.1 Å². The molecule has 0 spiro atoms. The van der Waals surface area contributed by atoms with Gasteiger partial charge >= 0.3 is 5.97 Å². The van der Waals surface area contributed by atoms with Gasteiger partial charge in [-0.15, -0.1) is 0 Å². The maximum Gasteiger partial charge on any atom is 0.341 e. The van der Waals surface area contributed by atoms with Crippen LogP contribution in [0.3, 0.4) is 0 Å². The van der Waals surface area contributed by atoms with Crippen LogP contribution in [-0.2, 0) is 17.6 Å². The van der Waals surface area contributed by atoms with E-state index in [0.29, 0.717) is 15.8 Å². The molecule has 0 saturated carbocycles. The summed E-state index contributed by atoms with van der Waals surface area (Å²) < 4.78 is 5.55. The molecule has 1 aliphatic rings. The number of pyridine rings is 1. The number of ether oxygens (including phenoxy) is 1. The van der Waals surface area contributed by atoms with Gasteiger partial charge in [-0.25, -0.2) is 9.78 Å². The summed E-state index contributed by atoms with van der Waals surface area (Å²) in [6.07, 6.45) is 2.86. The number of rotatable bonds is 7.